The van der Waals surface area contributed by atoms with E-state index in [2.05, 4.69) is 17.6 Å². The molecule has 5 nitrogen and oxygen atoms in total. The third kappa shape index (κ3) is 5.39. The first-order chi connectivity index (χ1) is 9.60. The molecule has 1 rings (SSSR count). The molecule has 1 aliphatic carbocycles. The Balaban J connectivity index is 2.15. The average molecular weight is 284 g/mol. The first-order valence-electron chi connectivity index (χ1n) is 7.90. The van der Waals surface area contributed by atoms with E-state index in [0.29, 0.717) is 19.4 Å². The zero-order valence-corrected chi connectivity index (χ0v) is 12.5. The van der Waals surface area contributed by atoms with Gasteiger partial charge in [-0.25, -0.2) is 9.59 Å². The van der Waals surface area contributed by atoms with Gasteiger partial charge < -0.3 is 15.7 Å². The van der Waals surface area contributed by atoms with Crippen molar-refractivity contribution in [2.45, 2.75) is 76.7 Å². The molecule has 0 bridgehead atoms. The van der Waals surface area contributed by atoms with Gasteiger partial charge in [0.1, 0.15) is 5.54 Å². The number of nitrogens with one attached hydrogen (secondary N) is 2. The molecule has 0 aliphatic heterocycles. The predicted molar refractivity (Wildman–Crippen MR) is 78.7 cm³/mol. The molecule has 0 aromatic heterocycles. The van der Waals surface area contributed by atoms with Crippen LogP contribution in [-0.4, -0.2) is 29.2 Å². The Morgan fingerprint density at radius 2 is 1.65 bits per heavy atom. The molecule has 0 aromatic rings. The van der Waals surface area contributed by atoms with Gasteiger partial charge in [0, 0.05) is 6.54 Å². The molecule has 116 valence electrons. The quantitative estimate of drug-likeness (QED) is 0.569. The van der Waals surface area contributed by atoms with Crippen molar-refractivity contribution in [2.24, 2.45) is 0 Å². The van der Waals surface area contributed by atoms with Crippen LogP contribution in [0.1, 0.15) is 71.1 Å². The Hall–Kier alpha value is -1.26. The zero-order valence-electron chi connectivity index (χ0n) is 12.5. The fourth-order valence-electron chi connectivity index (χ4n) is 2.74. The lowest BCUT2D eigenvalue weighted by Gasteiger charge is -2.25. The van der Waals surface area contributed by atoms with Crippen LogP contribution < -0.4 is 10.6 Å². The van der Waals surface area contributed by atoms with E-state index < -0.39 is 11.5 Å². The van der Waals surface area contributed by atoms with Crippen molar-refractivity contribution >= 4 is 12.0 Å². The molecule has 0 saturated heterocycles. The van der Waals surface area contributed by atoms with E-state index in [1.807, 2.05) is 0 Å². The van der Waals surface area contributed by atoms with Gasteiger partial charge in [0.25, 0.3) is 0 Å². The molecule has 5 heteroatoms. The molecule has 0 heterocycles. The van der Waals surface area contributed by atoms with Crippen molar-refractivity contribution in [3.63, 3.8) is 0 Å². The van der Waals surface area contributed by atoms with Crippen LogP contribution in [0.4, 0.5) is 4.79 Å². The second-order valence-corrected chi connectivity index (χ2v) is 5.74. The highest BCUT2D eigenvalue weighted by Gasteiger charge is 2.42. The van der Waals surface area contributed by atoms with E-state index in [9.17, 15) is 14.7 Å². The number of carbonyl (C=O) groups excluding carboxylic acids is 1. The number of unbranched alkanes of at least 4 members (excludes halogenated alkanes) is 5. The van der Waals surface area contributed by atoms with Gasteiger partial charge in [0.05, 0.1) is 0 Å². The summed E-state index contributed by atoms with van der Waals surface area (Å²) in [7, 11) is 0. The number of rotatable bonds is 9. The first kappa shape index (κ1) is 16.8. The van der Waals surface area contributed by atoms with Crippen LogP contribution in [0.5, 0.6) is 0 Å². The Morgan fingerprint density at radius 3 is 2.25 bits per heavy atom. The summed E-state index contributed by atoms with van der Waals surface area (Å²) in [6.45, 7) is 2.81. The van der Waals surface area contributed by atoms with Crippen LogP contribution in [0.3, 0.4) is 0 Å². The average Bonchev–Trinajstić information content (AvgIpc) is 2.87. The highest BCUT2D eigenvalue weighted by molar-refractivity contribution is 5.86. The maximum Gasteiger partial charge on any atom is 0.329 e. The highest BCUT2D eigenvalue weighted by atomic mass is 16.4. The van der Waals surface area contributed by atoms with Crippen LogP contribution in [0.25, 0.3) is 0 Å². The van der Waals surface area contributed by atoms with Crippen LogP contribution in [0.2, 0.25) is 0 Å². The Morgan fingerprint density at radius 1 is 1.05 bits per heavy atom. The normalized spacial score (nSPS) is 16.9. The van der Waals surface area contributed by atoms with Crippen molar-refractivity contribution in [3.8, 4) is 0 Å². The van der Waals surface area contributed by atoms with E-state index in [1.54, 1.807) is 0 Å². The minimum absolute atomic E-state index is 0.345. The maximum absolute atomic E-state index is 11.8. The lowest BCUT2D eigenvalue weighted by molar-refractivity contribution is -0.144. The molecule has 0 aromatic carbocycles. The Bertz CT molecular complexity index is 312. The lowest BCUT2D eigenvalue weighted by Crippen LogP contribution is -2.55. The van der Waals surface area contributed by atoms with Crippen molar-refractivity contribution < 1.29 is 14.7 Å². The topological polar surface area (TPSA) is 78.4 Å². The Kier molecular flexibility index (Phi) is 7.41. The van der Waals surface area contributed by atoms with Gasteiger partial charge in [-0.2, -0.15) is 0 Å². The predicted octanol–water partition coefficient (Wildman–Crippen LogP) is 3.04. The lowest BCUT2D eigenvalue weighted by atomic mass is 9.98. The standard InChI is InChI=1S/C15H28N2O3/c1-2-3-4-5-6-9-12-16-14(20)17-15(13(18)19)10-7-8-11-15/h2-12H2,1H3,(H,18,19)(H2,16,17,20). The summed E-state index contributed by atoms with van der Waals surface area (Å²) in [5.74, 6) is -0.912. The third-order valence-electron chi connectivity index (χ3n) is 4.04. The van der Waals surface area contributed by atoms with Crippen LogP contribution in [0, 0.1) is 0 Å². The van der Waals surface area contributed by atoms with E-state index in [-0.39, 0.29) is 6.03 Å². The van der Waals surface area contributed by atoms with Crippen LogP contribution in [0.15, 0.2) is 0 Å². The molecule has 0 spiro atoms. The summed E-state index contributed by atoms with van der Waals surface area (Å²) in [4.78, 5) is 23.1. The van der Waals surface area contributed by atoms with Gasteiger partial charge in [0.2, 0.25) is 0 Å². The summed E-state index contributed by atoms with van der Waals surface area (Å²) < 4.78 is 0. The van der Waals surface area contributed by atoms with Gasteiger partial charge in [-0.05, 0) is 19.3 Å². The smallest absolute Gasteiger partial charge is 0.329 e. The van der Waals surface area contributed by atoms with E-state index in [4.69, 9.17) is 0 Å². The van der Waals surface area contributed by atoms with Crippen molar-refractivity contribution in [1.29, 1.82) is 0 Å². The van der Waals surface area contributed by atoms with Gasteiger partial charge in [-0.3, -0.25) is 0 Å². The maximum atomic E-state index is 11.8. The second kappa shape index (κ2) is 8.82. The van der Waals surface area contributed by atoms with Gasteiger partial charge in [0.15, 0.2) is 0 Å². The number of urea groups is 1. The number of aliphatic carboxylic acids is 1. The van der Waals surface area contributed by atoms with E-state index in [0.717, 1.165) is 25.7 Å². The summed E-state index contributed by atoms with van der Waals surface area (Å²) in [6, 6.07) is -0.345. The number of carbonyl (C=O) groups is 2. The molecule has 0 radical (unpaired) electrons. The van der Waals surface area contributed by atoms with Crippen LogP contribution >= 0.6 is 0 Å². The van der Waals surface area contributed by atoms with E-state index in [1.165, 1.54) is 25.7 Å². The molecule has 0 atom stereocenters. The SMILES string of the molecule is CCCCCCCCNC(=O)NC1(C(=O)O)CCCC1. The molecule has 1 fully saturated rings. The Labute approximate surface area is 121 Å². The molecule has 1 aliphatic rings. The minimum Gasteiger partial charge on any atom is -0.480 e. The van der Waals surface area contributed by atoms with Gasteiger partial charge in [-0.15, -0.1) is 0 Å². The molecular weight excluding hydrogens is 256 g/mol. The van der Waals surface area contributed by atoms with E-state index >= 15 is 0 Å². The first-order valence-corrected chi connectivity index (χ1v) is 7.90. The molecular formula is C15H28N2O3. The number of hydrogen-bond donors (Lipinski definition) is 3. The summed E-state index contributed by atoms with van der Waals surface area (Å²) in [6.07, 6.45) is 9.84. The number of amides is 2. The number of carboxylic acid groups (broad SMARTS) is 1. The number of hydrogen-bond acceptors (Lipinski definition) is 2. The molecule has 20 heavy (non-hydrogen) atoms. The monoisotopic (exact) mass is 284 g/mol. The fourth-order valence-corrected chi connectivity index (χ4v) is 2.74. The van der Waals surface area contributed by atoms with Crippen LogP contribution in [-0.2, 0) is 4.79 Å². The van der Waals surface area contributed by atoms with Crippen molar-refractivity contribution in [3.05, 3.63) is 0 Å². The molecule has 0 unspecified atom stereocenters. The van der Waals surface area contributed by atoms with Crippen molar-refractivity contribution in [1.82, 2.24) is 10.6 Å². The summed E-state index contributed by atoms with van der Waals surface area (Å²) in [5, 5.41) is 14.7. The minimum atomic E-state index is -1.04. The van der Waals surface area contributed by atoms with Crippen molar-refractivity contribution in [2.75, 3.05) is 6.54 Å². The number of carboxylic acids is 1. The molecule has 1 saturated carbocycles. The molecule has 2 amide bonds. The zero-order chi connectivity index (χ0) is 14.8. The van der Waals surface area contributed by atoms with Gasteiger partial charge >= 0.3 is 12.0 Å². The fraction of sp³-hybridized carbons (Fsp3) is 0.867. The highest BCUT2D eigenvalue weighted by Crippen LogP contribution is 2.29. The summed E-state index contributed by atoms with van der Waals surface area (Å²) >= 11 is 0. The largest absolute Gasteiger partial charge is 0.480 e. The second-order valence-electron chi connectivity index (χ2n) is 5.74. The van der Waals surface area contributed by atoms with Gasteiger partial charge in [-0.1, -0.05) is 51.9 Å². The molecule has 3 N–H and O–H groups in total. The third-order valence-corrected chi connectivity index (χ3v) is 4.04. The summed E-state index contributed by atoms with van der Waals surface area (Å²) in [5.41, 5.74) is -1.04.